The predicted octanol–water partition coefficient (Wildman–Crippen LogP) is 1.65. The number of hydrogen-bond donors (Lipinski definition) is 1. The molecule has 0 saturated carbocycles. The highest BCUT2D eigenvalue weighted by molar-refractivity contribution is 5.77. The molecule has 1 rings (SSSR count). The zero-order valence-corrected chi connectivity index (χ0v) is 10.2. The Balaban J connectivity index is 2.59. The number of ether oxygens (including phenoxy) is 1. The van der Waals surface area contributed by atoms with Gasteiger partial charge >= 0.3 is 0 Å². The Morgan fingerprint density at radius 1 is 1.53 bits per heavy atom. The van der Waals surface area contributed by atoms with Crippen molar-refractivity contribution in [1.29, 1.82) is 0 Å². The fourth-order valence-corrected chi connectivity index (χ4v) is 1.16. The minimum Gasteiger partial charge on any atom is -0.481 e. The summed E-state index contributed by atoms with van der Waals surface area (Å²) in [6.07, 6.45) is 0. The Hall–Kier alpha value is -1.78. The molecule has 0 aliphatic carbocycles. The Morgan fingerprint density at radius 2 is 2.18 bits per heavy atom. The molecule has 0 spiro atoms. The van der Waals surface area contributed by atoms with Gasteiger partial charge in [-0.1, -0.05) is 0 Å². The van der Waals surface area contributed by atoms with E-state index in [-0.39, 0.29) is 24.3 Å². The van der Waals surface area contributed by atoms with Crippen molar-refractivity contribution in [2.75, 3.05) is 19.4 Å². The fraction of sp³-hybridized carbons (Fsp3) is 0.417. The van der Waals surface area contributed by atoms with Gasteiger partial charge in [0.1, 0.15) is 0 Å². The van der Waals surface area contributed by atoms with E-state index in [9.17, 15) is 9.18 Å². The number of likely N-dealkylation sites (N-methyl/N-ethyl adjacent to an activating group) is 1. The average molecular weight is 240 g/mol. The lowest BCUT2D eigenvalue weighted by atomic mass is 10.3. The lowest BCUT2D eigenvalue weighted by Gasteiger charge is -2.21. The van der Waals surface area contributed by atoms with E-state index in [0.717, 1.165) is 6.07 Å². The van der Waals surface area contributed by atoms with Gasteiger partial charge in [-0.15, -0.1) is 0 Å². The van der Waals surface area contributed by atoms with Crippen LogP contribution in [0.1, 0.15) is 13.8 Å². The Morgan fingerprint density at radius 3 is 2.71 bits per heavy atom. The van der Waals surface area contributed by atoms with Crippen LogP contribution in [-0.4, -0.2) is 30.5 Å². The molecule has 17 heavy (non-hydrogen) atoms. The average Bonchev–Trinajstić information content (AvgIpc) is 2.26. The number of halogens is 1. The zero-order chi connectivity index (χ0) is 13.0. The summed E-state index contributed by atoms with van der Waals surface area (Å²) in [5.74, 6) is -0.731. The Bertz CT molecular complexity index is 407. The van der Waals surface area contributed by atoms with Crippen molar-refractivity contribution in [3.63, 3.8) is 0 Å². The lowest BCUT2D eigenvalue weighted by molar-refractivity contribution is -0.133. The zero-order valence-electron chi connectivity index (χ0n) is 10.2. The first-order chi connectivity index (χ1) is 7.91. The van der Waals surface area contributed by atoms with Crippen molar-refractivity contribution in [3.05, 3.63) is 24.0 Å². The summed E-state index contributed by atoms with van der Waals surface area (Å²) >= 11 is 0. The van der Waals surface area contributed by atoms with Gasteiger partial charge in [-0.2, -0.15) is 0 Å². The van der Waals surface area contributed by atoms with Crippen LogP contribution in [0, 0.1) is 5.82 Å². The van der Waals surface area contributed by atoms with Crippen molar-refractivity contribution in [3.8, 4) is 5.75 Å². The van der Waals surface area contributed by atoms with Crippen molar-refractivity contribution in [2.24, 2.45) is 0 Å². The van der Waals surface area contributed by atoms with Crippen LogP contribution in [0.25, 0.3) is 0 Å². The van der Waals surface area contributed by atoms with E-state index in [1.165, 1.54) is 17.0 Å². The normalized spacial score (nSPS) is 10.4. The standard InChI is InChI=1S/C12H17FN2O2/c1-8(2)15(3)12(16)7-17-11-5-4-9(14)6-10(11)13/h4-6,8H,7,14H2,1-3H3. The molecular weight excluding hydrogens is 223 g/mol. The molecule has 5 heteroatoms. The number of nitrogens with two attached hydrogens (primary N) is 1. The summed E-state index contributed by atoms with van der Waals surface area (Å²) in [6.45, 7) is 3.60. The SMILES string of the molecule is CC(C)N(C)C(=O)COc1ccc(N)cc1F. The smallest absolute Gasteiger partial charge is 0.260 e. The van der Waals surface area contributed by atoms with Gasteiger partial charge in [0.05, 0.1) is 0 Å². The molecule has 0 saturated heterocycles. The van der Waals surface area contributed by atoms with Gasteiger partial charge in [-0.25, -0.2) is 4.39 Å². The molecule has 2 N–H and O–H groups in total. The Kier molecular flexibility index (Phi) is 4.31. The molecule has 0 bridgehead atoms. The van der Waals surface area contributed by atoms with E-state index in [0.29, 0.717) is 5.69 Å². The second-order valence-electron chi connectivity index (χ2n) is 4.08. The minimum atomic E-state index is -0.565. The second kappa shape index (κ2) is 5.52. The van der Waals surface area contributed by atoms with Gasteiger partial charge in [0, 0.05) is 24.8 Å². The van der Waals surface area contributed by atoms with Crippen LogP contribution in [-0.2, 0) is 4.79 Å². The van der Waals surface area contributed by atoms with Crippen LogP contribution in [0.15, 0.2) is 18.2 Å². The molecule has 0 aliphatic heterocycles. The topological polar surface area (TPSA) is 55.6 Å². The van der Waals surface area contributed by atoms with Crippen LogP contribution in [0.4, 0.5) is 10.1 Å². The molecule has 0 radical (unpaired) electrons. The quantitative estimate of drug-likeness (QED) is 0.814. The van der Waals surface area contributed by atoms with E-state index in [1.807, 2.05) is 13.8 Å². The maximum absolute atomic E-state index is 13.3. The number of anilines is 1. The maximum atomic E-state index is 13.3. The first-order valence-corrected chi connectivity index (χ1v) is 5.35. The Labute approximate surface area is 100 Å². The third kappa shape index (κ3) is 3.62. The molecule has 4 nitrogen and oxygen atoms in total. The van der Waals surface area contributed by atoms with Gasteiger partial charge in [-0.05, 0) is 26.0 Å². The lowest BCUT2D eigenvalue weighted by Crippen LogP contribution is -2.36. The molecule has 0 unspecified atom stereocenters. The van der Waals surface area contributed by atoms with E-state index in [2.05, 4.69) is 0 Å². The van der Waals surface area contributed by atoms with Crippen molar-refractivity contribution in [2.45, 2.75) is 19.9 Å². The molecular formula is C12H17FN2O2. The molecule has 1 aromatic carbocycles. The number of rotatable bonds is 4. The third-order valence-electron chi connectivity index (χ3n) is 2.48. The highest BCUT2D eigenvalue weighted by Gasteiger charge is 2.13. The molecule has 0 fully saturated rings. The molecule has 0 atom stereocenters. The third-order valence-corrected chi connectivity index (χ3v) is 2.48. The molecule has 1 aromatic rings. The van der Waals surface area contributed by atoms with E-state index in [1.54, 1.807) is 7.05 Å². The number of nitrogen functional groups attached to an aromatic ring is 1. The number of carbonyl (C=O) groups is 1. The van der Waals surface area contributed by atoms with Gasteiger partial charge in [-0.3, -0.25) is 4.79 Å². The minimum absolute atomic E-state index is 0.0321. The predicted molar refractivity (Wildman–Crippen MR) is 64.2 cm³/mol. The van der Waals surface area contributed by atoms with Crippen molar-refractivity contribution < 1.29 is 13.9 Å². The van der Waals surface area contributed by atoms with E-state index >= 15 is 0 Å². The largest absolute Gasteiger partial charge is 0.481 e. The monoisotopic (exact) mass is 240 g/mol. The maximum Gasteiger partial charge on any atom is 0.260 e. The molecule has 94 valence electrons. The van der Waals surface area contributed by atoms with Gasteiger partial charge in [0.2, 0.25) is 0 Å². The number of carbonyl (C=O) groups excluding carboxylic acids is 1. The van der Waals surface area contributed by atoms with E-state index in [4.69, 9.17) is 10.5 Å². The number of nitrogens with zero attached hydrogens (tertiary/aromatic N) is 1. The number of benzene rings is 1. The summed E-state index contributed by atoms with van der Waals surface area (Å²) in [6, 6.07) is 4.18. The summed E-state index contributed by atoms with van der Waals surface area (Å²) < 4.78 is 18.4. The second-order valence-corrected chi connectivity index (χ2v) is 4.08. The summed E-state index contributed by atoms with van der Waals surface area (Å²) in [7, 11) is 1.68. The molecule has 0 aliphatic rings. The highest BCUT2D eigenvalue weighted by Crippen LogP contribution is 2.19. The van der Waals surface area contributed by atoms with Crippen LogP contribution in [0.5, 0.6) is 5.75 Å². The summed E-state index contributed by atoms with van der Waals surface area (Å²) in [4.78, 5) is 13.1. The van der Waals surface area contributed by atoms with Crippen molar-refractivity contribution >= 4 is 11.6 Å². The summed E-state index contributed by atoms with van der Waals surface area (Å²) in [5, 5.41) is 0. The van der Waals surface area contributed by atoms with Crippen LogP contribution in [0.2, 0.25) is 0 Å². The fourth-order valence-electron chi connectivity index (χ4n) is 1.16. The van der Waals surface area contributed by atoms with Gasteiger partial charge in [0.15, 0.2) is 18.2 Å². The number of amides is 1. The molecule has 0 heterocycles. The highest BCUT2D eigenvalue weighted by atomic mass is 19.1. The summed E-state index contributed by atoms with van der Waals surface area (Å²) in [5.41, 5.74) is 5.72. The first kappa shape index (κ1) is 13.3. The van der Waals surface area contributed by atoms with E-state index < -0.39 is 5.82 Å². The first-order valence-electron chi connectivity index (χ1n) is 5.35. The van der Waals surface area contributed by atoms with Crippen LogP contribution >= 0.6 is 0 Å². The van der Waals surface area contributed by atoms with Crippen molar-refractivity contribution in [1.82, 2.24) is 4.90 Å². The van der Waals surface area contributed by atoms with Crippen LogP contribution in [0.3, 0.4) is 0 Å². The van der Waals surface area contributed by atoms with Gasteiger partial charge < -0.3 is 15.4 Å². The number of hydrogen-bond acceptors (Lipinski definition) is 3. The molecule has 0 aromatic heterocycles. The molecule has 1 amide bonds. The van der Waals surface area contributed by atoms with Crippen LogP contribution < -0.4 is 10.5 Å². The van der Waals surface area contributed by atoms with Gasteiger partial charge in [0.25, 0.3) is 5.91 Å².